The summed E-state index contributed by atoms with van der Waals surface area (Å²) in [5.74, 6) is 0. The van der Waals surface area contributed by atoms with Gasteiger partial charge in [0.1, 0.15) is 0 Å². The fourth-order valence-corrected chi connectivity index (χ4v) is 8.21. The second-order valence-corrected chi connectivity index (χ2v) is 14.6. The molecule has 0 saturated carbocycles. The Bertz CT molecular complexity index is 2830. The highest BCUT2D eigenvalue weighted by Gasteiger charge is 2.23. The van der Waals surface area contributed by atoms with E-state index in [0.717, 1.165) is 22.6 Å². The van der Waals surface area contributed by atoms with Gasteiger partial charge in [0.15, 0.2) is 0 Å². The van der Waals surface area contributed by atoms with E-state index < -0.39 is 0 Å². The third kappa shape index (κ3) is 6.67. The first kappa shape index (κ1) is 34.8. The monoisotopic (exact) mass is 740 g/mol. The molecule has 0 bridgehead atoms. The van der Waals surface area contributed by atoms with E-state index in [1.54, 1.807) is 0 Å². The summed E-state index contributed by atoms with van der Waals surface area (Å²) in [5, 5.41) is 0. The molecular formula is C56H40N2. The number of anilines is 3. The van der Waals surface area contributed by atoms with E-state index in [0.29, 0.717) is 0 Å². The first-order valence-corrected chi connectivity index (χ1v) is 19.8. The quantitative estimate of drug-likeness (QED) is 0.143. The molecule has 0 N–H and O–H groups in total. The van der Waals surface area contributed by atoms with Crippen LogP contribution < -0.4 is 4.90 Å². The van der Waals surface area contributed by atoms with Gasteiger partial charge in [-0.1, -0.05) is 188 Å². The molecule has 0 saturated heterocycles. The maximum absolute atomic E-state index is 2.36. The second kappa shape index (κ2) is 15.5. The average molecular weight is 741 g/mol. The van der Waals surface area contributed by atoms with E-state index in [4.69, 9.17) is 0 Å². The maximum Gasteiger partial charge on any atom is 0.0613 e. The van der Waals surface area contributed by atoms with Gasteiger partial charge >= 0.3 is 0 Å². The molecular weight excluding hydrogens is 701 g/mol. The van der Waals surface area contributed by atoms with Crippen molar-refractivity contribution in [3.05, 3.63) is 243 Å². The fraction of sp³-hybridized carbons (Fsp3) is 0. The second-order valence-electron chi connectivity index (χ2n) is 14.6. The predicted molar refractivity (Wildman–Crippen MR) is 245 cm³/mol. The van der Waals surface area contributed by atoms with Crippen LogP contribution in [0.4, 0.5) is 17.1 Å². The van der Waals surface area contributed by atoms with Gasteiger partial charge in [0, 0.05) is 34.4 Å². The van der Waals surface area contributed by atoms with E-state index in [9.17, 15) is 0 Å². The largest absolute Gasteiger partial charge is 0.315 e. The van der Waals surface area contributed by atoms with E-state index in [2.05, 4.69) is 252 Å². The van der Waals surface area contributed by atoms with E-state index >= 15 is 0 Å². The summed E-state index contributed by atoms with van der Waals surface area (Å²) in [7, 11) is 0. The molecule has 274 valence electrons. The zero-order chi connectivity index (χ0) is 38.7. The fourth-order valence-electron chi connectivity index (χ4n) is 8.21. The minimum absolute atomic E-state index is 1.09. The van der Waals surface area contributed by atoms with Crippen LogP contribution in [0.3, 0.4) is 0 Å². The normalized spacial score (nSPS) is 11.1. The van der Waals surface area contributed by atoms with Gasteiger partial charge in [-0.05, 0) is 98.6 Å². The Morgan fingerprint density at radius 1 is 0.241 bits per heavy atom. The molecule has 58 heavy (non-hydrogen) atoms. The summed E-state index contributed by atoms with van der Waals surface area (Å²) in [4.78, 5) is 2.35. The molecule has 8 aromatic carbocycles. The Hall–Kier alpha value is -7.68. The predicted octanol–water partition coefficient (Wildman–Crippen LogP) is 15.4. The van der Waals surface area contributed by atoms with Gasteiger partial charge in [0.05, 0.1) is 11.2 Å². The molecule has 0 spiro atoms. The van der Waals surface area contributed by atoms with Crippen molar-refractivity contribution in [3.63, 3.8) is 0 Å². The summed E-state index contributed by atoms with van der Waals surface area (Å²) >= 11 is 0. The molecule has 0 fully saturated rings. The molecule has 0 unspecified atom stereocenters. The van der Waals surface area contributed by atoms with Crippen LogP contribution in [0.2, 0.25) is 0 Å². The van der Waals surface area contributed by atoms with Crippen LogP contribution >= 0.6 is 0 Å². The summed E-state index contributed by atoms with van der Waals surface area (Å²) in [5.41, 5.74) is 18.8. The summed E-state index contributed by atoms with van der Waals surface area (Å²) in [6, 6.07) is 85.0. The van der Waals surface area contributed by atoms with Crippen LogP contribution in [-0.2, 0) is 0 Å². The van der Waals surface area contributed by atoms with E-state index in [-0.39, 0.29) is 0 Å². The Labute approximate surface area is 340 Å². The Morgan fingerprint density at radius 3 is 0.983 bits per heavy atom. The number of fused-ring (bicyclic) bond motifs is 1. The van der Waals surface area contributed by atoms with Crippen molar-refractivity contribution >= 4 is 22.6 Å². The van der Waals surface area contributed by atoms with Crippen LogP contribution in [0.1, 0.15) is 0 Å². The lowest BCUT2D eigenvalue weighted by molar-refractivity contribution is 1.20. The number of benzene rings is 8. The highest BCUT2D eigenvalue weighted by atomic mass is 15.1. The number of aromatic nitrogens is 1. The lowest BCUT2D eigenvalue weighted by atomic mass is 9.92. The molecule has 2 heteroatoms. The summed E-state index contributed by atoms with van der Waals surface area (Å²) in [6.07, 6.45) is 2.19. The smallest absolute Gasteiger partial charge is 0.0613 e. The van der Waals surface area contributed by atoms with Crippen molar-refractivity contribution in [2.24, 2.45) is 0 Å². The molecule has 0 aliphatic heterocycles. The highest BCUT2D eigenvalue weighted by Crippen LogP contribution is 2.46. The number of pyridine rings is 1. The van der Waals surface area contributed by atoms with Crippen molar-refractivity contribution in [2.45, 2.75) is 0 Å². The van der Waals surface area contributed by atoms with Gasteiger partial charge in [-0.15, -0.1) is 0 Å². The zero-order valence-corrected chi connectivity index (χ0v) is 32.0. The van der Waals surface area contributed by atoms with Crippen molar-refractivity contribution in [3.8, 4) is 66.9 Å². The van der Waals surface area contributed by atoms with Crippen molar-refractivity contribution in [2.75, 3.05) is 4.90 Å². The lowest BCUT2D eigenvalue weighted by Crippen LogP contribution is -2.09. The van der Waals surface area contributed by atoms with Crippen LogP contribution in [0.5, 0.6) is 0 Å². The van der Waals surface area contributed by atoms with Gasteiger partial charge in [0.2, 0.25) is 0 Å². The Kier molecular flexibility index (Phi) is 9.27. The summed E-state index contributed by atoms with van der Waals surface area (Å²) < 4.78 is 2.36. The molecule has 2 nitrogen and oxygen atoms in total. The maximum atomic E-state index is 2.36. The number of hydrogen-bond acceptors (Lipinski definition) is 1. The minimum Gasteiger partial charge on any atom is -0.315 e. The minimum atomic E-state index is 1.09. The first-order valence-electron chi connectivity index (χ1n) is 19.8. The molecule has 2 heterocycles. The number of nitrogens with zero attached hydrogens (tertiary/aromatic N) is 2. The van der Waals surface area contributed by atoms with Gasteiger partial charge in [0.25, 0.3) is 0 Å². The molecule has 2 aromatic heterocycles. The molecule has 0 aliphatic carbocycles. The third-order valence-corrected chi connectivity index (χ3v) is 11.1. The molecule has 0 radical (unpaired) electrons. The SMILES string of the molecule is c1ccc(-c2ccc(-c3c(-c4ccc(N(c5ccc(-c6ccccc6)cc5)c5ccc(-c6ccccc6)cc5)cc4)c(-c4ccccc4)c4ccccn34)cc2)cc1. The van der Waals surface area contributed by atoms with E-state index in [1.807, 2.05) is 0 Å². The van der Waals surface area contributed by atoms with Gasteiger partial charge in [-0.3, -0.25) is 0 Å². The number of rotatable bonds is 9. The topological polar surface area (TPSA) is 7.65 Å². The zero-order valence-electron chi connectivity index (χ0n) is 32.0. The number of hydrogen-bond donors (Lipinski definition) is 0. The molecule has 0 atom stereocenters. The third-order valence-electron chi connectivity index (χ3n) is 11.1. The first-order chi connectivity index (χ1) is 28.8. The Morgan fingerprint density at radius 2 is 0.552 bits per heavy atom. The van der Waals surface area contributed by atoms with Crippen molar-refractivity contribution < 1.29 is 0 Å². The van der Waals surface area contributed by atoms with Gasteiger partial charge in [-0.2, -0.15) is 0 Å². The van der Waals surface area contributed by atoms with Gasteiger partial charge in [-0.25, -0.2) is 0 Å². The van der Waals surface area contributed by atoms with Crippen LogP contribution in [-0.4, -0.2) is 4.40 Å². The van der Waals surface area contributed by atoms with Gasteiger partial charge < -0.3 is 9.30 Å². The summed E-state index contributed by atoms with van der Waals surface area (Å²) in [6.45, 7) is 0. The molecule has 0 aliphatic rings. The van der Waals surface area contributed by atoms with Crippen LogP contribution in [0.15, 0.2) is 243 Å². The van der Waals surface area contributed by atoms with Crippen LogP contribution in [0, 0.1) is 0 Å². The molecule has 0 amide bonds. The van der Waals surface area contributed by atoms with Crippen molar-refractivity contribution in [1.82, 2.24) is 4.40 Å². The van der Waals surface area contributed by atoms with Crippen LogP contribution in [0.25, 0.3) is 72.4 Å². The van der Waals surface area contributed by atoms with E-state index in [1.165, 1.54) is 66.8 Å². The molecule has 10 aromatic rings. The lowest BCUT2D eigenvalue weighted by Gasteiger charge is -2.26. The Balaban J connectivity index is 1.11. The highest BCUT2D eigenvalue weighted by molar-refractivity contribution is 6.03. The standard InChI is InChI=1S/C56H40N2/c1-5-15-41(16-6-1)44-24-26-49(27-25-44)56-55(54(47-21-11-4-12-22-47)53-23-13-14-40-57(53)56)48-32-38-52(39-33-48)58(50-34-28-45(29-35-50)42-17-7-2-8-18-42)51-36-30-46(31-37-51)43-19-9-3-10-20-43/h1-40H. The molecule has 10 rings (SSSR count). The van der Waals surface area contributed by atoms with Crippen molar-refractivity contribution in [1.29, 1.82) is 0 Å². The average Bonchev–Trinajstić information content (AvgIpc) is 3.66.